The lowest BCUT2D eigenvalue weighted by atomic mass is 10.1. The van der Waals surface area contributed by atoms with Crippen LogP contribution >= 0.6 is 0 Å². The lowest BCUT2D eigenvalue weighted by Gasteiger charge is -2.28. The summed E-state index contributed by atoms with van der Waals surface area (Å²) in [4.78, 5) is 15.4. The van der Waals surface area contributed by atoms with E-state index in [1.807, 2.05) is 14.1 Å². The van der Waals surface area contributed by atoms with Crippen LogP contribution < -0.4 is 4.90 Å². The number of hydrogen-bond acceptors (Lipinski definition) is 3. The van der Waals surface area contributed by atoms with E-state index < -0.39 is 5.97 Å². The molecule has 0 aliphatic carbocycles. The van der Waals surface area contributed by atoms with Gasteiger partial charge in [0.25, 0.3) is 0 Å². The first-order chi connectivity index (χ1) is 9.29. The first kappa shape index (κ1) is 16.5. The minimum atomic E-state index is -0.746. The van der Waals surface area contributed by atoms with Gasteiger partial charge in [0.1, 0.15) is 0 Å². The number of benzene rings is 1. The number of carboxylic acids is 1. The molecule has 112 valence electrons. The summed E-state index contributed by atoms with van der Waals surface area (Å²) in [5, 5.41) is 9.13. The second kappa shape index (κ2) is 7.29. The fourth-order valence-electron chi connectivity index (χ4n) is 2.19. The Labute approximate surface area is 122 Å². The van der Waals surface area contributed by atoms with Crippen LogP contribution in [0.2, 0.25) is 0 Å². The molecule has 0 amide bonds. The maximum absolute atomic E-state index is 11.1. The van der Waals surface area contributed by atoms with Crippen molar-refractivity contribution in [1.29, 1.82) is 0 Å². The lowest BCUT2D eigenvalue weighted by Crippen LogP contribution is -2.36. The molecule has 0 fully saturated rings. The summed E-state index contributed by atoms with van der Waals surface area (Å²) in [5.41, 5.74) is 3.52. The minimum Gasteiger partial charge on any atom is -0.481 e. The molecule has 1 aromatic rings. The number of likely N-dealkylation sites (N-methyl/N-ethyl adjacent to an activating group) is 1. The Balaban J connectivity index is 2.93. The van der Waals surface area contributed by atoms with Crippen molar-refractivity contribution in [2.45, 2.75) is 20.8 Å². The summed E-state index contributed by atoms with van der Waals surface area (Å²) in [5.74, 6) is -1.12. The van der Waals surface area contributed by atoms with Gasteiger partial charge in [-0.15, -0.1) is 0 Å². The third-order valence-electron chi connectivity index (χ3n) is 3.30. The van der Waals surface area contributed by atoms with E-state index >= 15 is 0 Å². The first-order valence-corrected chi connectivity index (χ1v) is 7.00. The summed E-state index contributed by atoms with van der Waals surface area (Å²) >= 11 is 0. The van der Waals surface area contributed by atoms with Crippen LogP contribution in [0.4, 0.5) is 5.69 Å². The van der Waals surface area contributed by atoms with E-state index in [0.717, 1.165) is 18.8 Å². The van der Waals surface area contributed by atoms with Crippen LogP contribution in [0.15, 0.2) is 18.2 Å². The summed E-state index contributed by atoms with van der Waals surface area (Å²) < 4.78 is 0. The topological polar surface area (TPSA) is 43.8 Å². The number of nitrogens with zero attached hydrogens (tertiary/aromatic N) is 2. The molecule has 0 heterocycles. The third-order valence-corrected chi connectivity index (χ3v) is 3.30. The van der Waals surface area contributed by atoms with E-state index in [1.54, 1.807) is 6.92 Å². The Bertz CT molecular complexity index is 438. The molecule has 0 bridgehead atoms. The van der Waals surface area contributed by atoms with Gasteiger partial charge in [0.15, 0.2) is 0 Å². The van der Waals surface area contributed by atoms with Crippen molar-refractivity contribution in [2.75, 3.05) is 38.6 Å². The van der Waals surface area contributed by atoms with Crippen LogP contribution in [0.5, 0.6) is 0 Å². The highest BCUT2D eigenvalue weighted by Gasteiger charge is 2.17. The zero-order chi connectivity index (χ0) is 15.3. The van der Waals surface area contributed by atoms with Crippen LogP contribution in [-0.2, 0) is 4.79 Å². The van der Waals surface area contributed by atoms with E-state index in [1.165, 1.54) is 11.1 Å². The largest absolute Gasteiger partial charge is 0.481 e. The normalized spacial score (nSPS) is 12.5. The van der Waals surface area contributed by atoms with Gasteiger partial charge in [-0.25, -0.2) is 0 Å². The van der Waals surface area contributed by atoms with Crippen molar-refractivity contribution < 1.29 is 9.90 Å². The zero-order valence-corrected chi connectivity index (χ0v) is 13.2. The molecule has 4 nitrogen and oxygen atoms in total. The number of carboxylic acid groups (broad SMARTS) is 1. The predicted molar refractivity (Wildman–Crippen MR) is 83.5 cm³/mol. The monoisotopic (exact) mass is 278 g/mol. The molecule has 0 saturated carbocycles. The molecule has 0 spiro atoms. The number of carbonyl (C=O) groups is 1. The van der Waals surface area contributed by atoms with E-state index in [9.17, 15) is 4.79 Å². The van der Waals surface area contributed by atoms with E-state index in [4.69, 9.17) is 5.11 Å². The van der Waals surface area contributed by atoms with Crippen LogP contribution in [0.25, 0.3) is 0 Å². The molecule has 1 unspecified atom stereocenters. The highest BCUT2D eigenvalue weighted by atomic mass is 16.4. The van der Waals surface area contributed by atoms with Crippen molar-refractivity contribution >= 4 is 11.7 Å². The SMILES string of the molecule is Cc1cc(C)cc(N(CCN(C)C)CC(C)C(=O)O)c1. The third kappa shape index (κ3) is 5.21. The Hall–Kier alpha value is -1.55. The van der Waals surface area contributed by atoms with Crippen molar-refractivity contribution in [3.63, 3.8) is 0 Å². The minimum absolute atomic E-state index is 0.377. The lowest BCUT2D eigenvalue weighted by molar-refractivity contribution is -0.140. The second-order valence-corrected chi connectivity index (χ2v) is 5.83. The van der Waals surface area contributed by atoms with Gasteiger partial charge in [0.2, 0.25) is 0 Å². The molecule has 0 aromatic heterocycles. The van der Waals surface area contributed by atoms with E-state index in [-0.39, 0.29) is 5.92 Å². The molecule has 0 aliphatic heterocycles. The first-order valence-electron chi connectivity index (χ1n) is 7.00. The molecule has 0 aliphatic rings. The van der Waals surface area contributed by atoms with Gasteiger partial charge in [-0.05, 0) is 51.2 Å². The molecule has 1 aromatic carbocycles. The van der Waals surface area contributed by atoms with Crippen molar-refractivity contribution in [3.05, 3.63) is 29.3 Å². The average molecular weight is 278 g/mol. The Kier molecular flexibility index (Phi) is 6.02. The molecule has 0 saturated heterocycles. The molecule has 1 N–H and O–H groups in total. The Morgan fingerprint density at radius 1 is 1.15 bits per heavy atom. The summed E-state index contributed by atoms with van der Waals surface area (Å²) in [6, 6.07) is 6.38. The van der Waals surface area contributed by atoms with Gasteiger partial charge >= 0.3 is 5.97 Å². The zero-order valence-electron chi connectivity index (χ0n) is 13.2. The van der Waals surface area contributed by atoms with Crippen LogP contribution in [0.3, 0.4) is 0 Å². The fraction of sp³-hybridized carbons (Fsp3) is 0.562. The Morgan fingerprint density at radius 2 is 1.70 bits per heavy atom. The van der Waals surface area contributed by atoms with E-state index in [2.05, 4.69) is 41.8 Å². The number of rotatable bonds is 7. The molecule has 1 atom stereocenters. The van der Waals surface area contributed by atoms with Crippen LogP contribution in [0.1, 0.15) is 18.1 Å². The molecular formula is C16H26N2O2. The highest BCUT2D eigenvalue weighted by Crippen LogP contribution is 2.20. The fourth-order valence-corrected chi connectivity index (χ4v) is 2.19. The molecule has 0 radical (unpaired) electrons. The van der Waals surface area contributed by atoms with E-state index in [0.29, 0.717) is 6.54 Å². The van der Waals surface area contributed by atoms with Crippen LogP contribution in [-0.4, -0.2) is 49.7 Å². The van der Waals surface area contributed by atoms with Gasteiger partial charge < -0.3 is 14.9 Å². The van der Waals surface area contributed by atoms with Gasteiger partial charge in [-0.3, -0.25) is 4.79 Å². The maximum Gasteiger partial charge on any atom is 0.308 e. The summed E-state index contributed by atoms with van der Waals surface area (Å²) in [6.07, 6.45) is 0. The number of aryl methyl sites for hydroxylation is 2. The number of aliphatic carboxylic acids is 1. The smallest absolute Gasteiger partial charge is 0.308 e. The van der Waals surface area contributed by atoms with Gasteiger partial charge in [-0.1, -0.05) is 13.0 Å². The van der Waals surface area contributed by atoms with Gasteiger partial charge in [-0.2, -0.15) is 0 Å². The van der Waals surface area contributed by atoms with Crippen molar-refractivity contribution in [2.24, 2.45) is 5.92 Å². The van der Waals surface area contributed by atoms with Gasteiger partial charge in [0, 0.05) is 25.3 Å². The summed E-state index contributed by atoms with van der Waals surface area (Å²) in [7, 11) is 4.06. The number of anilines is 1. The average Bonchev–Trinajstić information content (AvgIpc) is 2.32. The van der Waals surface area contributed by atoms with Crippen molar-refractivity contribution in [3.8, 4) is 0 Å². The standard InChI is InChI=1S/C16H26N2O2/c1-12-8-13(2)10-15(9-12)18(7-6-17(4)5)11-14(3)16(19)20/h8-10,14H,6-7,11H2,1-5H3,(H,19,20). The molecular weight excluding hydrogens is 252 g/mol. The molecule has 20 heavy (non-hydrogen) atoms. The maximum atomic E-state index is 11.1. The summed E-state index contributed by atoms with van der Waals surface area (Å²) in [6.45, 7) is 8.16. The predicted octanol–water partition coefficient (Wildman–Crippen LogP) is 2.39. The van der Waals surface area contributed by atoms with Crippen molar-refractivity contribution in [1.82, 2.24) is 4.90 Å². The number of hydrogen-bond donors (Lipinski definition) is 1. The molecule has 1 rings (SSSR count). The van der Waals surface area contributed by atoms with Crippen LogP contribution in [0, 0.1) is 19.8 Å². The quantitative estimate of drug-likeness (QED) is 0.832. The highest BCUT2D eigenvalue weighted by molar-refractivity contribution is 5.70. The Morgan fingerprint density at radius 3 is 2.15 bits per heavy atom. The van der Waals surface area contributed by atoms with Gasteiger partial charge in [0.05, 0.1) is 5.92 Å². The molecule has 4 heteroatoms. The second-order valence-electron chi connectivity index (χ2n) is 5.83.